The number of nitrogens with two attached hydrogens (primary N) is 1. The van der Waals surface area contributed by atoms with Crippen molar-refractivity contribution in [1.82, 2.24) is 10.3 Å². The summed E-state index contributed by atoms with van der Waals surface area (Å²) in [5, 5.41) is 2.86. The lowest BCUT2D eigenvalue weighted by Gasteiger charge is -2.22. The van der Waals surface area contributed by atoms with Crippen molar-refractivity contribution in [3.8, 4) is 0 Å². The Morgan fingerprint density at radius 3 is 3.06 bits per heavy atom. The van der Waals surface area contributed by atoms with E-state index in [0.717, 1.165) is 26.1 Å². The molecule has 5 nitrogen and oxygen atoms in total. The van der Waals surface area contributed by atoms with Crippen molar-refractivity contribution < 1.29 is 9.53 Å². The molecule has 1 atom stereocenters. The Morgan fingerprint density at radius 1 is 1.56 bits per heavy atom. The van der Waals surface area contributed by atoms with Crippen LogP contribution in [0.15, 0.2) is 18.2 Å². The van der Waals surface area contributed by atoms with E-state index in [1.807, 2.05) is 0 Å². The molecule has 0 aliphatic carbocycles. The second kappa shape index (κ2) is 7.18. The fraction of sp³-hybridized carbons (Fsp3) is 0.500. The number of aromatic nitrogens is 1. The minimum atomic E-state index is -0.178. The normalized spacial score (nSPS) is 18.8. The number of nitrogens with zero attached hydrogens (tertiary/aromatic N) is 1. The monoisotopic (exact) mass is 271 g/mol. The van der Waals surface area contributed by atoms with Gasteiger partial charge in [-0.1, -0.05) is 6.07 Å². The third-order valence-electron chi connectivity index (χ3n) is 2.81. The first-order valence-corrected chi connectivity index (χ1v) is 5.84. The number of hydrogen-bond acceptors (Lipinski definition) is 4. The number of hydrogen-bond donors (Lipinski definition) is 2. The van der Waals surface area contributed by atoms with E-state index in [1.54, 1.807) is 18.2 Å². The molecule has 1 aliphatic heterocycles. The molecule has 1 fully saturated rings. The van der Waals surface area contributed by atoms with Crippen LogP contribution in [-0.4, -0.2) is 30.6 Å². The van der Waals surface area contributed by atoms with Gasteiger partial charge in [0.2, 0.25) is 0 Å². The van der Waals surface area contributed by atoms with Crippen LogP contribution in [0, 0.1) is 5.92 Å². The fourth-order valence-electron chi connectivity index (χ4n) is 1.87. The molecule has 0 radical (unpaired) electrons. The summed E-state index contributed by atoms with van der Waals surface area (Å²) in [4.78, 5) is 15.7. The van der Waals surface area contributed by atoms with E-state index in [1.165, 1.54) is 0 Å². The zero-order chi connectivity index (χ0) is 12.1. The van der Waals surface area contributed by atoms with Gasteiger partial charge in [0.15, 0.2) is 0 Å². The maximum Gasteiger partial charge on any atom is 0.269 e. The molecular formula is C12H18ClN3O2. The largest absolute Gasteiger partial charge is 0.384 e. The highest BCUT2D eigenvalue weighted by Gasteiger charge is 2.15. The number of anilines is 1. The molecule has 18 heavy (non-hydrogen) atoms. The predicted octanol–water partition coefficient (Wildman–Crippen LogP) is 1.24. The van der Waals surface area contributed by atoms with Gasteiger partial charge in [-0.25, -0.2) is 4.98 Å². The van der Waals surface area contributed by atoms with Crippen molar-refractivity contribution in [3.05, 3.63) is 23.9 Å². The molecule has 0 aromatic carbocycles. The molecule has 2 rings (SSSR count). The number of pyridine rings is 1. The summed E-state index contributed by atoms with van der Waals surface area (Å²) in [7, 11) is 0. The third kappa shape index (κ3) is 4.16. The Labute approximate surface area is 113 Å². The summed E-state index contributed by atoms with van der Waals surface area (Å²) in [5.74, 6) is 0.593. The van der Waals surface area contributed by atoms with Crippen LogP contribution in [0.3, 0.4) is 0 Å². The molecule has 6 heteroatoms. The maximum absolute atomic E-state index is 11.8. The summed E-state index contributed by atoms with van der Waals surface area (Å²) < 4.78 is 5.35. The molecule has 2 heterocycles. The number of nitrogen functional groups attached to an aromatic ring is 1. The lowest BCUT2D eigenvalue weighted by Crippen LogP contribution is -2.33. The van der Waals surface area contributed by atoms with Gasteiger partial charge in [0.25, 0.3) is 5.91 Å². The number of ether oxygens (including phenoxy) is 1. The molecule has 0 spiro atoms. The molecule has 1 aliphatic rings. The first kappa shape index (κ1) is 14.7. The number of carbonyl (C=O) groups excluding carboxylic acids is 1. The van der Waals surface area contributed by atoms with E-state index < -0.39 is 0 Å². The van der Waals surface area contributed by atoms with Crippen LogP contribution in [0.2, 0.25) is 0 Å². The first-order chi connectivity index (χ1) is 8.25. The van der Waals surface area contributed by atoms with E-state index >= 15 is 0 Å². The number of nitrogens with one attached hydrogen (secondary N) is 1. The van der Waals surface area contributed by atoms with E-state index in [2.05, 4.69) is 10.3 Å². The lowest BCUT2D eigenvalue weighted by molar-refractivity contribution is 0.0535. The Bertz CT molecular complexity index is 395. The molecule has 3 N–H and O–H groups in total. The van der Waals surface area contributed by atoms with Gasteiger partial charge in [-0.05, 0) is 30.9 Å². The molecule has 1 amide bonds. The molecular weight excluding hydrogens is 254 g/mol. The van der Waals surface area contributed by atoms with Crippen molar-refractivity contribution >= 4 is 24.1 Å². The van der Waals surface area contributed by atoms with Gasteiger partial charge in [0.1, 0.15) is 11.5 Å². The summed E-state index contributed by atoms with van der Waals surface area (Å²) in [6.45, 7) is 2.20. The summed E-state index contributed by atoms with van der Waals surface area (Å²) >= 11 is 0. The number of carbonyl (C=O) groups is 1. The van der Waals surface area contributed by atoms with Crippen molar-refractivity contribution in [2.24, 2.45) is 5.92 Å². The van der Waals surface area contributed by atoms with Crippen molar-refractivity contribution in [3.63, 3.8) is 0 Å². The van der Waals surface area contributed by atoms with Crippen LogP contribution in [0.1, 0.15) is 23.3 Å². The van der Waals surface area contributed by atoms with Gasteiger partial charge in [0.05, 0.1) is 6.61 Å². The summed E-state index contributed by atoms with van der Waals surface area (Å²) in [6, 6.07) is 5.04. The van der Waals surface area contributed by atoms with E-state index in [9.17, 15) is 4.79 Å². The Kier molecular flexibility index (Phi) is 5.88. The smallest absolute Gasteiger partial charge is 0.269 e. The van der Waals surface area contributed by atoms with Crippen LogP contribution in [-0.2, 0) is 4.74 Å². The highest BCUT2D eigenvalue weighted by molar-refractivity contribution is 5.92. The zero-order valence-electron chi connectivity index (χ0n) is 10.1. The Hall–Kier alpha value is -1.33. The van der Waals surface area contributed by atoms with Gasteiger partial charge in [-0.15, -0.1) is 12.4 Å². The van der Waals surface area contributed by atoms with Gasteiger partial charge in [-0.2, -0.15) is 0 Å². The van der Waals surface area contributed by atoms with Crippen LogP contribution in [0.5, 0.6) is 0 Å². The highest BCUT2D eigenvalue weighted by Crippen LogP contribution is 2.12. The van der Waals surface area contributed by atoms with Crippen molar-refractivity contribution in [2.75, 3.05) is 25.5 Å². The van der Waals surface area contributed by atoms with Gasteiger partial charge in [-0.3, -0.25) is 4.79 Å². The highest BCUT2D eigenvalue weighted by atomic mass is 35.5. The first-order valence-electron chi connectivity index (χ1n) is 5.84. The topological polar surface area (TPSA) is 77.2 Å². The number of halogens is 1. The van der Waals surface area contributed by atoms with Crippen LogP contribution in [0.25, 0.3) is 0 Å². The standard InChI is InChI=1S/C12H17N3O2.ClH/c13-11-5-1-4-10(15-11)12(16)14-7-9-3-2-6-17-8-9;/h1,4-5,9H,2-3,6-8H2,(H2,13,15)(H,14,16);1H. The third-order valence-corrected chi connectivity index (χ3v) is 2.81. The summed E-state index contributed by atoms with van der Waals surface area (Å²) in [6.07, 6.45) is 2.17. The van der Waals surface area contributed by atoms with Gasteiger partial charge in [0, 0.05) is 13.2 Å². The van der Waals surface area contributed by atoms with E-state index in [-0.39, 0.29) is 18.3 Å². The Morgan fingerprint density at radius 2 is 2.39 bits per heavy atom. The zero-order valence-corrected chi connectivity index (χ0v) is 10.9. The lowest BCUT2D eigenvalue weighted by atomic mass is 10.0. The van der Waals surface area contributed by atoms with Crippen LogP contribution < -0.4 is 11.1 Å². The van der Waals surface area contributed by atoms with E-state index in [4.69, 9.17) is 10.5 Å². The molecule has 0 bridgehead atoms. The van der Waals surface area contributed by atoms with Gasteiger partial charge < -0.3 is 15.8 Å². The average molecular weight is 272 g/mol. The number of amides is 1. The molecule has 0 saturated carbocycles. The molecule has 100 valence electrons. The average Bonchev–Trinajstić information content (AvgIpc) is 2.37. The van der Waals surface area contributed by atoms with Crippen molar-refractivity contribution in [1.29, 1.82) is 0 Å². The second-order valence-corrected chi connectivity index (χ2v) is 4.24. The molecule has 1 aromatic heterocycles. The Balaban J connectivity index is 0.00000162. The summed E-state index contributed by atoms with van der Waals surface area (Å²) in [5.41, 5.74) is 5.89. The minimum absolute atomic E-state index is 0. The second-order valence-electron chi connectivity index (χ2n) is 4.24. The van der Waals surface area contributed by atoms with E-state index in [0.29, 0.717) is 24.0 Å². The molecule has 1 saturated heterocycles. The predicted molar refractivity (Wildman–Crippen MR) is 71.8 cm³/mol. The van der Waals surface area contributed by atoms with Crippen LogP contribution >= 0.6 is 12.4 Å². The number of rotatable bonds is 3. The molecule has 1 unspecified atom stereocenters. The fourth-order valence-corrected chi connectivity index (χ4v) is 1.87. The van der Waals surface area contributed by atoms with Crippen molar-refractivity contribution in [2.45, 2.75) is 12.8 Å². The van der Waals surface area contributed by atoms with Crippen LogP contribution in [0.4, 0.5) is 5.82 Å². The maximum atomic E-state index is 11.8. The molecule has 1 aromatic rings. The SMILES string of the molecule is Cl.Nc1cccc(C(=O)NCC2CCCOC2)n1. The quantitative estimate of drug-likeness (QED) is 0.867. The van der Waals surface area contributed by atoms with Gasteiger partial charge >= 0.3 is 0 Å². The minimum Gasteiger partial charge on any atom is -0.384 e.